The highest BCUT2D eigenvalue weighted by molar-refractivity contribution is 5.74. The summed E-state index contributed by atoms with van der Waals surface area (Å²) in [7, 11) is 1.94. The zero-order valence-corrected chi connectivity index (χ0v) is 11.2. The van der Waals surface area contributed by atoms with Crippen molar-refractivity contribution >= 4 is 6.03 Å². The summed E-state index contributed by atoms with van der Waals surface area (Å²) in [6.45, 7) is 8.40. The molecule has 1 rings (SSSR count). The number of carbonyl (C=O) groups excluding carboxylic acids is 1. The van der Waals surface area contributed by atoms with E-state index in [2.05, 4.69) is 20.8 Å². The minimum atomic E-state index is 0.222. The van der Waals surface area contributed by atoms with Crippen LogP contribution in [-0.4, -0.2) is 42.0 Å². The fraction of sp³-hybridized carbons (Fsp3) is 0.923. The SMILES string of the molecule is CCC(CC)N(C)C(=O)N1CCCC(C)C1. The third kappa shape index (κ3) is 3.13. The van der Waals surface area contributed by atoms with Gasteiger partial charge in [-0.1, -0.05) is 20.8 Å². The van der Waals surface area contributed by atoms with Crippen molar-refractivity contribution in [3.05, 3.63) is 0 Å². The second kappa shape index (κ2) is 6.12. The lowest BCUT2D eigenvalue weighted by Gasteiger charge is -2.36. The Morgan fingerprint density at radius 3 is 2.56 bits per heavy atom. The third-order valence-corrected chi connectivity index (χ3v) is 3.72. The van der Waals surface area contributed by atoms with Crippen molar-refractivity contribution < 1.29 is 4.79 Å². The number of likely N-dealkylation sites (tertiary alicyclic amines) is 1. The molecule has 94 valence electrons. The Labute approximate surface area is 99.8 Å². The molecule has 1 aliphatic heterocycles. The first-order chi connectivity index (χ1) is 7.60. The topological polar surface area (TPSA) is 23.6 Å². The summed E-state index contributed by atoms with van der Waals surface area (Å²) < 4.78 is 0. The van der Waals surface area contributed by atoms with Crippen molar-refractivity contribution in [3.63, 3.8) is 0 Å². The van der Waals surface area contributed by atoms with Crippen LogP contribution >= 0.6 is 0 Å². The molecule has 0 aromatic carbocycles. The van der Waals surface area contributed by atoms with Crippen molar-refractivity contribution in [2.45, 2.75) is 52.5 Å². The van der Waals surface area contributed by atoms with E-state index in [-0.39, 0.29) is 6.03 Å². The van der Waals surface area contributed by atoms with Crippen LogP contribution in [0.15, 0.2) is 0 Å². The molecule has 3 heteroatoms. The lowest BCUT2D eigenvalue weighted by atomic mass is 10.0. The maximum atomic E-state index is 12.3. The number of hydrogen-bond donors (Lipinski definition) is 0. The summed E-state index contributed by atoms with van der Waals surface area (Å²) in [4.78, 5) is 16.2. The van der Waals surface area contributed by atoms with E-state index in [1.165, 1.54) is 6.42 Å². The zero-order chi connectivity index (χ0) is 12.1. The van der Waals surface area contributed by atoms with Crippen LogP contribution in [0.3, 0.4) is 0 Å². The monoisotopic (exact) mass is 226 g/mol. The molecule has 0 N–H and O–H groups in total. The number of piperidine rings is 1. The molecule has 16 heavy (non-hydrogen) atoms. The number of nitrogens with zero attached hydrogens (tertiary/aromatic N) is 2. The maximum absolute atomic E-state index is 12.3. The minimum Gasteiger partial charge on any atom is -0.325 e. The van der Waals surface area contributed by atoms with Crippen molar-refractivity contribution in [3.8, 4) is 0 Å². The molecule has 0 aromatic heterocycles. The number of hydrogen-bond acceptors (Lipinski definition) is 1. The molecule has 0 bridgehead atoms. The summed E-state index contributed by atoms with van der Waals surface area (Å²) in [6, 6.07) is 0.616. The Morgan fingerprint density at radius 1 is 1.44 bits per heavy atom. The summed E-state index contributed by atoms with van der Waals surface area (Å²) in [5.74, 6) is 0.660. The van der Waals surface area contributed by atoms with Gasteiger partial charge in [0.1, 0.15) is 0 Å². The van der Waals surface area contributed by atoms with Gasteiger partial charge < -0.3 is 9.80 Å². The van der Waals surface area contributed by atoms with E-state index in [4.69, 9.17) is 0 Å². The average Bonchev–Trinajstić information content (AvgIpc) is 2.29. The molecule has 1 unspecified atom stereocenters. The van der Waals surface area contributed by atoms with Gasteiger partial charge in [0, 0.05) is 26.2 Å². The van der Waals surface area contributed by atoms with Gasteiger partial charge in [0.15, 0.2) is 0 Å². The predicted octanol–water partition coefficient (Wildman–Crippen LogP) is 2.96. The second-order valence-corrected chi connectivity index (χ2v) is 5.06. The van der Waals surface area contributed by atoms with E-state index < -0.39 is 0 Å². The summed E-state index contributed by atoms with van der Waals surface area (Å²) in [5, 5.41) is 0. The number of urea groups is 1. The highest BCUT2D eigenvalue weighted by Gasteiger charge is 2.25. The standard InChI is InChI=1S/C13H26N2O/c1-5-12(6-2)14(4)13(16)15-9-7-8-11(3)10-15/h11-12H,5-10H2,1-4H3. The van der Waals surface area contributed by atoms with E-state index in [1.54, 1.807) is 0 Å². The highest BCUT2D eigenvalue weighted by Crippen LogP contribution is 2.18. The predicted molar refractivity (Wildman–Crippen MR) is 67.5 cm³/mol. The van der Waals surface area contributed by atoms with E-state index in [9.17, 15) is 4.79 Å². The highest BCUT2D eigenvalue weighted by atomic mass is 16.2. The van der Waals surface area contributed by atoms with E-state index >= 15 is 0 Å². The van der Waals surface area contributed by atoms with Crippen LogP contribution in [0.1, 0.15) is 46.5 Å². The average molecular weight is 226 g/mol. The Kier molecular flexibility index (Phi) is 5.10. The molecule has 0 radical (unpaired) electrons. The molecule has 1 atom stereocenters. The van der Waals surface area contributed by atoms with Crippen LogP contribution < -0.4 is 0 Å². The Hall–Kier alpha value is -0.730. The molecule has 3 nitrogen and oxygen atoms in total. The molecular formula is C13H26N2O. The quantitative estimate of drug-likeness (QED) is 0.725. The van der Waals surface area contributed by atoms with Gasteiger partial charge in [0.25, 0.3) is 0 Å². The van der Waals surface area contributed by atoms with Gasteiger partial charge in [-0.3, -0.25) is 0 Å². The summed E-state index contributed by atoms with van der Waals surface area (Å²) in [6.07, 6.45) is 4.51. The fourth-order valence-electron chi connectivity index (χ4n) is 2.58. The molecule has 1 aliphatic rings. The first-order valence-electron chi connectivity index (χ1n) is 6.61. The number of amides is 2. The molecular weight excluding hydrogens is 200 g/mol. The second-order valence-electron chi connectivity index (χ2n) is 5.06. The lowest BCUT2D eigenvalue weighted by Crippen LogP contribution is -2.48. The van der Waals surface area contributed by atoms with Crippen LogP contribution in [0.4, 0.5) is 4.79 Å². The van der Waals surface area contributed by atoms with Crippen molar-refractivity contribution in [2.75, 3.05) is 20.1 Å². The number of rotatable bonds is 3. The Balaban J connectivity index is 2.55. The molecule has 0 saturated carbocycles. The van der Waals surface area contributed by atoms with Crippen molar-refractivity contribution in [2.24, 2.45) is 5.92 Å². The Bertz CT molecular complexity index is 222. The van der Waals surface area contributed by atoms with Crippen LogP contribution in [0.25, 0.3) is 0 Å². The third-order valence-electron chi connectivity index (χ3n) is 3.72. The summed E-state index contributed by atoms with van der Waals surface area (Å²) >= 11 is 0. The van der Waals surface area contributed by atoms with E-state index in [1.807, 2.05) is 16.8 Å². The van der Waals surface area contributed by atoms with Gasteiger partial charge in [0.2, 0.25) is 0 Å². The van der Waals surface area contributed by atoms with Gasteiger partial charge in [0.05, 0.1) is 0 Å². The summed E-state index contributed by atoms with van der Waals surface area (Å²) in [5.41, 5.74) is 0. The normalized spacial score (nSPS) is 21.3. The van der Waals surface area contributed by atoms with Crippen LogP contribution in [0, 0.1) is 5.92 Å². The van der Waals surface area contributed by atoms with Gasteiger partial charge in [-0.15, -0.1) is 0 Å². The van der Waals surface area contributed by atoms with Gasteiger partial charge in [-0.25, -0.2) is 4.79 Å². The minimum absolute atomic E-state index is 0.222. The Morgan fingerprint density at radius 2 is 2.06 bits per heavy atom. The smallest absolute Gasteiger partial charge is 0.319 e. The molecule has 1 heterocycles. The van der Waals surface area contributed by atoms with Crippen molar-refractivity contribution in [1.29, 1.82) is 0 Å². The fourth-order valence-corrected chi connectivity index (χ4v) is 2.58. The van der Waals surface area contributed by atoms with E-state index in [0.717, 1.165) is 32.4 Å². The molecule has 0 aliphatic carbocycles. The van der Waals surface area contributed by atoms with Gasteiger partial charge in [-0.2, -0.15) is 0 Å². The lowest BCUT2D eigenvalue weighted by molar-refractivity contribution is 0.124. The first kappa shape index (κ1) is 13.3. The molecule has 1 fully saturated rings. The van der Waals surface area contributed by atoms with Gasteiger partial charge in [-0.05, 0) is 31.6 Å². The van der Waals surface area contributed by atoms with Crippen LogP contribution in [0.2, 0.25) is 0 Å². The molecule has 0 spiro atoms. The molecule has 1 saturated heterocycles. The molecule has 0 aromatic rings. The van der Waals surface area contributed by atoms with Crippen LogP contribution in [-0.2, 0) is 0 Å². The zero-order valence-electron chi connectivity index (χ0n) is 11.2. The number of carbonyl (C=O) groups is 1. The maximum Gasteiger partial charge on any atom is 0.319 e. The first-order valence-corrected chi connectivity index (χ1v) is 6.61. The largest absolute Gasteiger partial charge is 0.325 e. The van der Waals surface area contributed by atoms with E-state index in [0.29, 0.717) is 12.0 Å². The molecule has 2 amide bonds. The van der Waals surface area contributed by atoms with Gasteiger partial charge >= 0.3 is 6.03 Å². The van der Waals surface area contributed by atoms with Crippen molar-refractivity contribution in [1.82, 2.24) is 9.80 Å². The van der Waals surface area contributed by atoms with Crippen LogP contribution in [0.5, 0.6) is 0 Å².